The van der Waals surface area contributed by atoms with Crippen LogP contribution in [0.3, 0.4) is 0 Å². The Kier molecular flexibility index (Phi) is 4.55. The molecule has 3 atom stereocenters. The van der Waals surface area contributed by atoms with Crippen LogP contribution in [0.4, 0.5) is 0 Å². The van der Waals surface area contributed by atoms with Crippen molar-refractivity contribution >= 4 is 5.91 Å². The lowest BCUT2D eigenvalue weighted by Crippen LogP contribution is -2.39. The SMILES string of the molecule is CCCc1noc([C@@H]2CCCCN2C(=O)[C@@H]2C[C@@H]2c2ccccc2)n1. The van der Waals surface area contributed by atoms with E-state index >= 15 is 0 Å². The van der Waals surface area contributed by atoms with Gasteiger partial charge < -0.3 is 9.42 Å². The van der Waals surface area contributed by atoms with Crippen molar-refractivity contribution in [3.05, 3.63) is 47.6 Å². The highest BCUT2D eigenvalue weighted by Gasteiger charge is 2.47. The number of hydrogen-bond donors (Lipinski definition) is 0. The van der Waals surface area contributed by atoms with Gasteiger partial charge in [-0.2, -0.15) is 4.98 Å². The van der Waals surface area contributed by atoms with Crippen LogP contribution in [0.5, 0.6) is 0 Å². The average molecular weight is 339 g/mol. The average Bonchev–Trinajstić information content (AvgIpc) is 3.33. The molecule has 2 aromatic rings. The summed E-state index contributed by atoms with van der Waals surface area (Å²) in [5.74, 6) is 2.11. The van der Waals surface area contributed by atoms with Gasteiger partial charge in [-0.1, -0.05) is 42.4 Å². The highest BCUT2D eigenvalue weighted by atomic mass is 16.5. The molecule has 1 saturated carbocycles. The second-order valence-corrected chi connectivity index (χ2v) is 7.20. The molecular formula is C20H25N3O2. The Bertz CT molecular complexity index is 728. The maximum Gasteiger partial charge on any atom is 0.249 e. The van der Waals surface area contributed by atoms with Gasteiger partial charge in [-0.05, 0) is 43.6 Å². The van der Waals surface area contributed by atoms with E-state index in [1.54, 1.807) is 0 Å². The summed E-state index contributed by atoms with van der Waals surface area (Å²) in [6.45, 7) is 2.90. The van der Waals surface area contributed by atoms with E-state index in [4.69, 9.17) is 4.52 Å². The Balaban J connectivity index is 1.48. The monoisotopic (exact) mass is 339 g/mol. The Labute approximate surface area is 148 Å². The zero-order chi connectivity index (χ0) is 17.2. The quantitative estimate of drug-likeness (QED) is 0.829. The van der Waals surface area contributed by atoms with E-state index in [0.717, 1.165) is 50.9 Å². The molecule has 1 aliphatic heterocycles. The second kappa shape index (κ2) is 6.98. The van der Waals surface area contributed by atoms with Crippen molar-refractivity contribution in [3.8, 4) is 0 Å². The molecule has 2 heterocycles. The van der Waals surface area contributed by atoms with Crippen molar-refractivity contribution in [2.45, 2.75) is 57.4 Å². The lowest BCUT2D eigenvalue weighted by atomic mass is 10.0. The Morgan fingerprint density at radius 1 is 1.28 bits per heavy atom. The minimum absolute atomic E-state index is 0.0450. The highest BCUT2D eigenvalue weighted by molar-refractivity contribution is 5.83. The summed E-state index contributed by atoms with van der Waals surface area (Å²) in [5.41, 5.74) is 1.28. The van der Waals surface area contributed by atoms with Gasteiger partial charge in [0.2, 0.25) is 11.8 Å². The minimum atomic E-state index is -0.0450. The molecule has 1 aromatic heterocycles. The van der Waals surface area contributed by atoms with Gasteiger partial charge >= 0.3 is 0 Å². The van der Waals surface area contributed by atoms with Crippen molar-refractivity contribution in [1.82, 2.24) is 15.0 Å². The Morgan fingerprint density at radius 2 is 2.12 bits per heavy atom. The summed E-state index contributed by atoms with van der Waals surface area (Å²) in [5, 5.41) is 4.07. The topological polar surface area (TPSA) is 59.2 Å². The first-order chi connectivity index (χ1) is 12.3. The molecule has 0 radical (unpaired) electrons. The summed E-state index contributed by atoms with van der Waals surface area (Å²) in [7, 11) is 0. The second-order valence-electron chi connectivity index (χ2n) is 7.20. The number of hydrogen-bond acceptors (Lipinski definition) is 4. The van der Waals surface area contributed by atoms with Gasteiger partial charge in [0.1, 0.15) is 6.04 Å². The number of carbonyl (C=O) groups is 1. The number of aromatic nitrogens is 2. The summed E-state index contributed by atoms with van der Waals surface area (Å²) in [6, 6.07) is 10.3. The van der Waals surface area contributed by atoms with E-state index in [-0.39, 0.29) is 17.9 Å². The zero-order valence-corrected chi connectivity index (χ0v) is 14.7. The fourth-order valence-corrected chi connectivity index (χ4v) is 3.93. The maximum absolute atomic E-state index is 13.1. The molecule has 2 fully saturated rings. The lowest BCUT2D eigenvalue weighted by Gasteiger charge is -2.33. The van der Waals surface area contributed by atoms with Crippen LogP contribution in [-0.4, -0.2) is 27.5 Å². The molecule has 1 aliphatic carbocycles. The fraction of sp³-hybridized carbons (Fsp3) is 0.550. The number of carbonyl (C=O) groups excluding carboxylic acids is 1. The van der Waals surface area contributed by atoms with Crippen LogP contribution in [0.1, 0.15) is 68.3 Å². The Hall–Kier alpha value is -2.17. The molecule has 0 unspecified atom stereocenters. The zero-order valence-electron chi connectivity index (χ0n) is 14.7. The van der Waals surface area contributed by atoms with E-state index in [2.05, 4.69) is 29.2 Å². The molecular weight excluding hydrogens is 314 g/mol. The number of nitrogens with zero attached hydrogens (tertiary/aromatic N) is 3. The van der Waals surface area contributed by atoms with E-state index in [1.165, 1.54) is 5.56 Å². The summed E-state index contributed by atoms with van der Waals surface area (Å²) >= 11 is 0. The third kappa shape index (κ3) is 3.32. The predicted octanol–water partition coefficient (Wildman–Crippen LogP) is 3.88. The molecule has 132 valence electrons. The molecule has 1 aromatic carbocycles. The van der Waals surface area contributed by atoms with E-state index in [9.17, 15) is 4.79 Å². The smallest absolute Gasteiger partial charge is 0.249 e. The van der Waals surface area contributed by atoms with Crippen molar-refractivity contribution in [2.75, 3.05) is 6.54 Å². The van der Waals surface area contributed by atoms with Crippen LogP contribution in [0, 0.1) is 5.92 Å². The number of likely N-dealkylation sites (tertiary alicyclic amines) is 1. The predicted molar refractivity (Wildman–Crippen MR) is 93.9 cm³/mol. The summed E-state index contributed by atoms with van der Waals surface area (Å²) in [4.78, 5) is 19.6. The molecule has 5 heteroatoms. The van der Waals surface area contributed by atoms with E-state index in [0.29, 0.717) is 11.8 Å². The Morgan fingerprint density at radius 3 is 2.92 bits per heavy atom. The first kappa shape index (κ1) is 16.3. The number of amides is 1. The van der Waals surface area contributed by atoms with Crippen LogP contribution in [0.15, 0.2) is 34.9 Å². The summed E-state index contributed by atoms with van der Waals surface area (Å²) < 4.78 is 5.49. The number of rotatable bonds is 5. The first-order valence-electron chi connectivity index (χ1n) is 9.46. The number of benzene rings is 1. The van der Waals surface area contributed by atoms with Gasteiger partial charge in [-0.15, -0.1) is 0 Å². The molecule has 4 rings (SSSR count). The number of aryl methyl sites for hydroxylation is 1. The molecule has 25 heavy (non-hydrogen) atoms. The highest BCUT2D eigenvalue weighted by Crippen LogP contribution is 2.49. The molecule has 0 bridgehead atoms. The van der Waals surface area contributed by atoms with Crippen molar-refractivity contribution in [1.29, 1.82) is 0 Å². The molecule has 0 N–H and O–H groups in total. The third-order valence-electron chi connectivity index (χ3n) is 5.36. The number of piperidine rings is 1. The van der Waals surface area contributed by atoms with Crippen molar-refractivity contribution < 1.29 is 9.32 Å². The van der Waals surface area contributed by atoms with Crippen LogP contribution < -0.4 is 0 Å². The molecule has 5 nitrogen and oxygen atoms in total. The summed E-state index contributed by atoms with van der Waals surface area (Å²) in [6.07, 6.45) is 5.85. The van der Waals surface area contributed by atoms with Crippen molar-refractivity contribution in [3.63, 3.8) is 0 Å². The maximum atomic E-state index is 13.1. The minimum Gasteiger partial charge on any atom is -0.337 e. The van der Waals surface area contributed by atoms with Gasteiger partial charge in [0.15, 0.2) is 5.82 Å². The van der Waals surface area contributed by atoms with Gasteiger partial charge in [-0.25, -0.2) is 0 Å². The van der Waals surface area contributed by atoms with E-state index < -0.39 is 0 Å². The normalized spacial score (nSPS) is 25.8. The molecule has 1 saturated heterocycles. The molecule has 2 aliphatic rings. The van der Waals surface area contributed by atoms with E-state index in [1.807, 2.05) is 23.1 Å². The van der Waals surface area contributed by atoms with Gasteiger partial charge in [0.25, 0.3) is 0 Å². The molecule has 0 spiro atoms. The third-order valence-corrected chi connectivity index (χ3v) is 5.36. The van der Waals surface area contributed by atoms with Gasteiger partial charge in [0, 0.05) is 18.9 Å². The largest absolute Gasteiger partial charge is 0.337 e. The van der Waals surface area contributed by atoms with Crippen LogP contribution >= 0.6 is 0 Å². The fourth-order valence-electron chi connectivity index (χ4n) is 3.93. The van der Waals surface area contributed by atoms with Gasteiger partial charge in [0.05, 0.1) is 0 Å². The lowest BCUT2D eigenvalue weighted by molar-refractivity contribution is -0.137. The standard InChI is InChI=1S/C20H25N3O2/c1-2-8-18-21-19(25-22-18)17-11-6-7-12-23(17)20(24)16-13-15(16)14-9-4-3-5-10-14/h3-5,9-10,15-17H,2,6-8,11-13H2,1H3/t15-,16-,17+/m1/s1. The van der Waals surface area contributed by atoms with Crippen molar-refractivity contribution in [2.24, 2.45) is 5.92 Å². The van der Waals surface area contributed by atoms with Crippen LogP contribution in [0.25, 0.3) is 0 Å². The van der Waals surface area contributed by atoms with Crippen LogP contribution in [0.2, 0.25) is 0 Å². The molecule has 1 amide bonds. The van der Waals surface area contributed by atoms with Gasteiger partial charge in [-0.3, -0.25) is 4.79 Å². The first-order valence-corrected chi connectivity index (χ1v) is 9.46. The van der Waals surface area contributed by atoms with Crippen LogP contribution in [-0.2, 0) is 11.2 Å².